The number of nitrogens with one attached hydrogen (secondary N) is 2. The summed E-state index contributed by atoms with van der Waals surface area (Å²) in [4.78, 5) is 4.48. The summed E-state index contributed by atoms with van der Waals surface area (Å²) in [5, 5.41) is 10.5. The van der Waals surface area contributed by atoms with Gasteiger partial charge in [-0.1, -0.05) is 0 Å². The molecule has 0 aliphatic carbocycles. The Balaban J connectivity index is 1.61. The second-order valence-corrected chi connectivity index (χ2v) is 6.44. The van der Waals surface area contributed by atoms with Crippen LogP contribution in [0.1, 0.15) is 24.5 Å². The van der Waals surface area contributed by atoms with Crippen LogP contribution in [-0.2, 0) is 20.0 Å². The van der Waals surface area contributed by atoms with Gasteiger partial charge in [-0.25, -0.2) is 4.99 Å². The van der Waals surface area contributed by atoms with Crippen LogP contribution in [0.5, 0.6) is 17.2 Å². The van der Waals surface area contributed by atoms with E-state index >= 15 is 0 Å². The van der Waals surface area contributed by atoms with Crippen molar-refractivity contribution >= 4 is 5.96 Å². The predicted octanol–water partition coefficient (Wildman–Crippen LogP) is 2.44. The Morgan fingerprint density at radius 3 is 2.79 bits per heavy atom. The van der Waals surface area contributed by atoms with E-state index in [1.807, 2.05) is 26.4 Å². The molecular weight excluding hydrogens is 384 g/mol. The van der Waals surface area contributed by atoms with Crippen molar-refractivity contribution in [3.05, 3.63) is 35.7 Å². The van der Waals surface area contributed by atoms with Crippen LogP contribution in [0.15, 0.2) is 29.5 Å². The third-order valence-electron chi connectivity index (χ3n) is 4.22. The summed E-state index contributed by atoms with van der Waals surface area (Å²) in [5.41, 5.74) is 1.66. The van der Waals surface area contributed by atoms with Crippen LogP contribution < -0.4 is 24.8 Å². The zero-order valence-corrected chi connectivity index (χ0v) is 16.5. The number of guanidine groups is 1. The van der Waals surface area contributed by atoms with Gasteiger partial charge in [-0.3, -0.25) is 4.68 Å². The maximum absolute atomic E-state index is 12.8. The normalized spacial score (nSPS) is 13.1. The lowest BCUT2D eigenvalue weighted by molar-refractivity contribution is -0.0505. The monoisotopic (exact) mass is 409 g/mol. The molecule has 29 heavy (non-hydrogen) atoms. The molecule has 10 heteroatoms. The maximum Gasteiger partial charge on any atom is 0.387 e. The number of aromatic nitrogens is 2. The number of ether oxygens (including phenoxy) is 3. The van der Waals surface area contributed by atoms with Crippen molar-refractivity contribution in [1.29, 1.82) is 0 Å². The lowest BCUT2D eigenvalue weighted by atomic mass is 10.1. The summed E-state index contributed by atoms with van der Waals surface area (Å²) < 4.78 is 42.5. The first-order chi connectivity index (χ1) is 14.0. The Bertz CT molecular complexity index is 841. The summed E-state index contributed by atoms with van der Waals surface area (Å²) >= 11 is 0. The molecule has 0 fully saturated rings. The molecule has 1 aromatic heterocycles. The van der Waals surface area contributed by atoms with Gasteiger partial charge in [0.25, 0.3) is 0 Å². The molecular formula is C19H25F2N5O3. The second-order valence-electron chi connectivity index (χ2n) is 6.44. The smallest absolute Gasteiger partial charge is 0.387 e. The van der Waals surface area contributed by atoms with E-state index in [9.17, 15) is 8.78 Å². The molecule has 0 saturated carbocycles. The van der Waals surface area contributed by atoms with Gasteiger partial charge in [-0.05, 0) is 31.4 Å². The Morgan fingerprint density at radius 1 is 1.31 bits per heavy atom. The third kappa shape index (κ3) is 5.97. The van der Waals surface area contributed by atoms with Crippen LogP contribution >= 0.6 is 0 Å². The van der Waals surface area contributed by atoms with Gasteiger partial charge in [0.2, 0.25) is 6.79 Å². The highest BCUT2D eigenvalue weighted by molar-refractivity contribution is 5.79. The standard InChI is InChI=1S/C19H25F2N5O3/c1-3-22-19(23-6-4-5-13-9-25-26(2)11-13)24-10-14-7-16-17(28-12-27-16)8-15(14)29-18(20)21/h7-9,11,18H,3-6,10,12H2,1-2H3,(H2,22,23,24). The molecule has 0 unspecified atom stereocenters. The average molecular weight is 409 g/mol. The number of benzene rings is 1. The minimum atomic E-state index is -2.93. The summed E-state index contributed by atoms with van der Waals surface area (Å²) in [6.45, 7) is 0.613. The molecule has 158 valence electrons. The molecule has 0 radical (unpaired) electrons. The van der Waals surface area contributed by atoms with Crippen molar-refractivity contribution in [2.45, 2.75) is 32.9 Å². The van der Waals surface area contributed by atoms with Gasteiger partial charge in [0.05, 0.1) is 12.7 Å². The van der Waals surface area contributed by atoms with Crippen LogP contribution in [0, 0.1) is 0 Å². The Hall–Kier alpha value is -3.04. The highest BCUT2D eigenvalue weighted by Crippen LogP contribution is 2.39. The van der Waals surface area contributed by atoms with Crippen LogP contribution in [0.4, 0.5) is 8.78 Å². The van der Waals surface area contributed by atoms with E-state index < -0.39 is 6.61 Å². The van der Waals surface area contributed by atoms with E-state index in [2.05, 4.69) is 25.5 Å². The number of rotatable bonds is 9. The first-order valence-corrected chi connectivity index (χ1v) is 9.42. The quantitative estimate of drug-likeness (QED) is 0.376. The Labute approximate surface area is 167 Å². The Morgan fingerprint density at radius 2 is 2.10 bits per heavy atom. The van der Waals surface area contributed by atoms with Gasteiger partial charge >= 0.3 is 6.61 Å². The van der Waals surface area contributed by atoms with E-state index in [0.29, 0.717) is 36.1 Å². The number of hydrogen-bond donors (Lipinski definition) is 2. The van der Waals surface area contributed by atoms with Crippen molar-refractivity contribution in [3.8, 4) is 17.2 Å². The summed E-state index contributed by atoms with van der Waals surface area (Å²) in [7, 11) is 1.89. The van der Waals surface area contributed by atoms with E-state index in [-0.39, 0.29) is 19.1 Å². The van der Waals surface area contributed by atoms with Gasteiger partial charge in [-0.2, -0.15) is 13.9 Å². The largest absolute Gasteiger partial charge is 0.454 e. The summed E-state index contributed by atoms with van der Waals surface area (Å²) in [6, 6.07) is 3.03. The fourth-order valence-corrected chi connectivity index (χ4v) is 2.90. The molecule has 0 spiro atoms. The molecule has 0 atom stereocenters. The number of aliphatic imine (C=N–C) groups is 1. The van der Waals surface area contributed by atoms with Crippen molar-refractivity contribution in [2.75, 3.05) is 19.9 Å². The lowest BCUT2D eigenvalue weighted by Crippen LogP contribution is -2.37. The highest BCUT2D eigenvalue weighted by Gasteiger charge is 2.20. The van der Waals surface area contributed by atoms with Crippen LogP contribution in [0.3, 0.4) is 0 Å². The van der Waals surface area contributed by atoms with Gasteiger partial charge in [-0.15, -0.1) is 0 Å². The topological polar surface area (TPSA) is 81.9 Å². The molecule has 3 rings (SSSR count). The number of hydrogen-bond acceptors (Lipinski definition) is 5. The fraction of sp³-hybridized carbons (Fsp3) is 0.474. The van der Waals surface area contributed by atoms with Crippen molar-refractivity contribution in [1.82, 2.24) is 20.4 Å². The number of fused-ring (bicyclic) bond motifs is 1. The molecule has 2 heterocycles. The van der Waals surface area contributed by atoms with Gasteiger partial charge in [0, 0.05) is 38.0 Å². The number of alkyl halides is 2. The molecule has 0 amide bonds. The van der Waals surface area contributed by atoms with Gasteiger partial charge in [0.1, 0.15) is 5.75 Å². The summed E-state index contributed by atoms with van der Waals surface area (Å²) in [5.74, 6) is 1.50. The zero-order chi connectivity index (χ0) is 20.6. The van der Waals surface area contributed by atoms with Crippen LogP contribution in [0.25, 0.3) is 0 Å². The molecule has 1 aliphatic rings. The third-order valence-corrected chi connectivity index (χ3v) is 4.22. The number of nitrogens with zero attached hydrogens (tertiary/aromatic N) is 3. The van der Waals surface area contributed by atoms with Crippen LogP contribution in [0.2, 0.25) is 0 Å². The average Bonchev–Trinajstić information content (AvgIpc) is 3.30. The van der Waals surface area contributed by atoms with Gasteiger partial charge < -0.3 is 24.8 Å². The minimum Gasteiger partial charge on any atom is -0.454 e. The van der Waals surface area contributed by atoms with E-state index in [1.165, 1.54) is 11.6 Å². The van der Waals surface area contributed by atoms with Crippen molar-refractivity contribution < 1.29 is 23.0 Å². The maximum atomic E-state index is 12.8. The second kappa shape index (κ2) is 9.94. The minimum absolute atomic E-state index is 0.0282. The molecule has 2 aromatic rings. The van der Waals surface area contributed by atoms with Crippen molar-refractivity contribution in [2.24, 2.45) is 12.0 Å². The predicted molar refractivity (Wildman–Crippen MR) is 104 cm³/mol. The van der Waals surface area contributed by atoms with Crippen molar-refractivity contribution in [3.63, 3.8) is 0 Å². The zero-order valence-electron chi connectivity index (χ0n) is 16.5. The van der Waals surface area contributed by atoms with Gasteiger partial charge in [0.15, 0.2) is 17.5 Å². The van der Waals surface area contributed by atoms with Crippen LogP contribution in [-0.4, -0.2) is 42.2 Å². The SMILES string of the molecule is CCNC(=NCc1cc2c(cc1OC(F)F)OCO2)NCCCc1cnn(C)c1. The number of aryl methyl sites for hydroxylation is 2. The Kier molecular flexibility index (Phi) is 7.09. The first-order valence-electron chi connectivity index (χ1n) is 9.42. The fourth-order valence-electron chi connectivity index (χ4n) is 2.90. The van der Waals surface area contributed by atoms with E-state index in [0.717, 1.165) is 12.8 Å². The molecule has 2 N–H and O–H groups in total. The lowest BCUT2D eigenvalue weighted by Gasteiger charge is -2.13. The highest BCUT2D eigenvalue weighted by atomic mass is 19.3. The summed E-state index contributed by atoms with van der Waals surface area (Å²) in [6.07, 6.45) is 5.64. The molecule has 1 aliphatic heterocycles. The van der Waals surface area contributed by atoms with E-state index in [4.69, 9.17) is 9.47 Å². The molecule has 0 saturated heterocycles. The van der Waals surface area contributed by atoms with E-state index in [1.54, 1.807) is 10.7 Å². The molecule has 1 aromatic carbocycles. The molecule has 8 nitrogen and oxygen atoms in total. The first kappa shape index (κ1) is 20.7. The molecule has 0 bridgehead atoms. The number of halogens is 2.